The van der Waals surface area contributed by atoms with Gasteiger partial charge >= 0.3 is 0 Å². The molecule has 0 aliphatic carbocycles. The summed E-state index contributed by atoms with van der Waals surface area (Å²) in [5, 5.41) is 8.51. The molecular weight excluding hydrogens is 378 g/mol. The zero-order chi connectivity index (χ0) is 18.2. The van der Waals surface area contributed by atoms with Crippen molar-refractivity contribution in [2.24, 2.45) is 5.16 Å². The topological polar surface area (TPSA) is 97.3 Å². The van der Waals surface area contributed by atoms with E-state index >= 15 is 0 Å². The summed E-state index contributed by atoms with van der Waals surface area (Å²) in [4.78, 5) is 17.8. The Morgan fingerprint density at radius 3 is 3.12 bits per heavy atom. The second kappa shape index (κ2) is 6.91. The quantitative estimate of drug-likeness (QED) is 0.795. The third-order valence-electron chi connectivity index (χ3n) is 4.99. The number of hydrogen-bond donors (Lipinski definition) is 1. The summed E-state index contributed by atoms with van der Waals surface area (Å²) in [6.07, 6.45) is 2.86. The van der Waals surface area contributed by atoms with E-state index < -0.39 is 15.6 Å². The molecule has 0 bridgehead atoms. The first-order valence-corrected chi connectivity index (χ1v) is 11.0. The number of ether oxygens (including phenoxy) is 1. The molecule has 4 heterocycles. The molecule has 0 radical (unpaired) electrons. The molecule has 1 aromatic rings. The van der Waals surface area contributed by atoms with Crippen LogP contribution in [0.15, 0.2) is 26.9 Å². The zero-order valence-corrected chi connectivity index (χ0v) is 15.9. The van der Waals surface area contributed by atoms with Gasteiger partial charge in [0, 0.05) is 32.5 Å². The highest BCUT2D eigenvalue weighted by Crippen LogP contribution is 2.37. The van der Waals surface area contributed by atoms with E-state index in [1.807, 2.05) is 0 Å². The predicted octanol–water partition coefficient (Wildman–Crippen LogP) is 0.953. The Morgan fingerprint density at radius 1 is 1.50 bits per heavy atom. The third kappa shape index (κ3) is 3.38. The van der Waals surface area contributed by atoms with Gasteiger partial charge < -0.3 is 14.9 Å². The number of thiophene rings is 1. The highest BCUT2D eigenvalue weighted by molar-refractivity contribution is 7.91. The maximum absolute atomic E-state index is 12.7. The molecule has 1 aromatic heterocycles. The summed E-state index contributed by atoms with van der Waals surface area (Å²) in [6, 6.07) is 3.32. The Bertz CT molecular complexity index is 802. The number of oxime groups is 1. The first-order chi connectivity index (χ1) is 12.5. The van der Waals surface area contributed by atoms with Gasteiger partial charge in [-0.1, -0.05) is 11.2 Å². The fraction of sp³-hybridized carbons (Fsp3) is 0.625. The normalized spacial score (nSPS) is 29.1. The predicted molar refractivity (Wildman–Crippen MR) is 95.5 cm³/mol. The number of hydrogen-bond acceptors (Lipinski definition) is 7. The Kier molecular flexibility index (Phi) is 4.76. The maximum Gasteiger partial charge on any atom is 0.269 e. The third-order valence-corrected chi connectivity index (χ3v) is 8.20. The second-order valence-corrected chi connectivity index (χ2v) is 9.97. The molecule has 1 N–H and O–H groups in total. The molecule has 8 nitrogen and oxygen atoms in total. The Balaban J connectivity index is 1.35. The molecular formula is C16H21N3O5S2. The molecule has 142 valence electrons. The summed E-state index contributed by atoms with van der Waals surface area (Å²) in [7, 11) is -3.51. The van der Waals surface area contributed by atoms with Gasteiger partial charge in [0.15, 0.2) is 5.60 Å². The van der Waals surface area contributed by atoms with Crippen LogP contribution >= 0.6 is 11.3 Å². The van der Waals surface area contributed by atoms with Crippen LogP contribution in [-0.2, 0) is 24.4 Å². The van der Waals surface area contributed by atoms with Gasteiger partial charge in [0.25, 0.3) is 15.9 Å². The van der Waals surface area contributed by atoms with Crippen molar-refractivity contribution in [1.82, 2.24) is 9.62 Å². The van der Waals surface area contributed by atoms with Crippen LogP contribution in [0.25, 0.3) is 0 Å². The van der Waals surface area contributed by atoms with Crippen molar-refractivity contribution in [3.63, 3.8) is 0 Å². The highest BCUT2D eigenvalue weighted by atomic mass is 32.2. The van der Waals surface area contributed by atoms with Crippen LogP contribution in [0.3, 0.4) is 0 Å². The van der Waals surface area contributed by atoms with Crippen LogP contribution in [0.5, 0.6) is 0 Å². The Hall–Kier alpha value is -1.49. The minimum absolute atomic E-state index is 0.0637. The van der Waals surface area contributed by atoms with E-state index in [-0.39, 0.29) is 18.6 Å². The van der Waals surface area contributed by atoms with Gasteiger partial charge in [-0.15, -0.1) is 11.3 Å². The number of amides is 1. The molecule has 2 fully saturated rings. The molecule has 0 aromatic carbocycles. The van der Waals surface area contributed by atoms with Gasteiger partial charge in [-0.25, -0.2) is 8.42 Å². The van der Waals surface area contributed by atoms with Gasteiger partial charge in [-0.05, 0) is 24.3 Å². The van der Waals surface area contributed by atoms with Crippen LogP contribution in [0, 0.1) is 0 Å². The lowest BCUT2D eigenvalue weighted by molar-refractivity contribution is -0.115. The largest absolute Gasteiger partial charge is 0.387 e. The molecule has 2 atom stereocenters. The lowest BCUT2D eigenvalue weighted by atomic mass is 9.96. The van der Waals surface area contributed by atoms with Gasteiger partial charge in [0.2, 0.25) is 0 Å². The lowest BCUT2D eigenvalue weighted by Crippen LogP contribution is -2.40. The number of nitrogens with one attached hydrogen (secondary N) is 1. The standard InChI is InChI=1S/C16H21N3O5S2/c20-15(17-10-12-3-1-7-23-12)13-9-16(24-18-13)5-6-19(11-16)26(21,22)14-4-2-8-25-14/h2,4,8,12H,1,3,5-7,9-11H2,(H,17,20). The summed E-state index contributed by atoms with van der Waals surface area (Å²) >= 11 is 1.20. The number of carbonyl (C=O) groups excluding carboxylic acids is 1. The lowest BCUT2D eigenvalue weighted by Gasteiger charge is -2.21. The van der Waals surface area contributed by atoms with E-state index in [4.69, 9.17) is 9.57 Å². The van der Waals surface area contributed by atoms with E-state index in [1.165, 1.54) is 15.6 Å². The summed E-state index contributed by atoms with van der Waals surface area (Å²) in [5.41, 5.74) is -0.417. The summed E-state index contributed by atoms with van der Waals surface area (Å²) in [6.45, 7) is 1.77. The summed E-state index contributed by atoms with van der Waals surface area (Å²) < 4.78 is 32.5. The zero-order valence-electron chi connectivity index (χ0n) is 14.2. The molecule has 26 heavy (non-hydrogen) atoms. The Morgan fingerprint density at radius 2 is 2.38 bits per heavy atom. The van der Waals surface area contributed by atoms with Crippen LogP contribution in [-0.4, -0.2) is 62.3 Å². The Labute approximate surface area is 156 Å². The fourth-order valence-electron chi connectivity index (χ4n) is 3.53. The molecule has 2 unspecified atom stereocenters. The van der Waals surface area contributed by atoms with Crippen LogP contribution < -0.4 is 5.32 Å². The number of carbonyl (C=O) groups is 1. The van der Waals surface area contributed by atoms with Gasteiger partial charge in [-0.2, -0.15) is 4.31 Å². The van der Waals surface area contributed by atoms with Crippen molar-refractivity contribution in [3.8, 4) is 0 Å². The van der Waals surface area contributed by atoms with Crippen molar-refractivity contribution in [3.05, 3.63) is 17.5 Å². The van der Waals surface area contributed by atoms with Crippen LogP contribution in [0.2, 0.25) is 0 Å². The van der Waals surface area contributed by atoms with Crippen LogP contribution in [0.1, 0.15) is 25.7 Å². The smallest absolute Gasteiger partial charge is 0.269 e. The molecule has 1 amide bonds. The van der Waals surface area contributed by atoms with E-state index in [2.05, 4.69) is 10.5 Å². The SMILES string of the molecule is O=C(NCC1CCCO1)C1=NOC2(CCN(S(=O)(=O)c3cccs3)C2)C1. The van der Waals surface area contributed by atoms with Crippen molar-refractivity contribution in [2.45, 2.75) is 41.6 Å². The first kappa shape index (κ1) is 17.9. The molecule has 3 aliphatic heterocycles. The van der Waals surface area contributed by atoms with E-state index in [0.717, 1.165) is 19.4 Å². The van der Waals surface area contributed by atoms with Crippen molar-refractivity contribution in [2.75, 3.05) is 26.2 Å². The van der Waals surface area contributed by atoms with E-state index in [0.29, 0.717) is 35.9 Å². The molecule has 4 rings (SSSR count). The highest BCUT2D eigenvalue weighted by Gasteiger charge is 2.50. The van der Waals surface area contributed by atoms with E-state index in [1.54, 1.807) is 17.5 Å². The van der Waals surface area contributed by atoms with Crippen molar-refractivity contribution in [1.29, 1.82) is 0 Å². The first-order valence-electron chi connectivity index (χ1n) is 8.67. The summed E-state index contributed by atoms with van der Waals surface area (Å²) in [5.74, 6) is -0.267. The van der Waals surface area contributed by atoms with Crippen LogP contribution in [0.4, 0.5) is 0 Å². The number of rotatable bonds is 5. The van der Waals surface area contributed by atoms with Gasteiger partial charge in [0.05, 0.1) is 12.6 Å². The maximum atomic E-state index is 12.7. The molecule has 2 saturated heterocycles. The monoisotopic (exact) mass is 399 g/mol. The van der Waals surface area contributed by atoms with Gasteiger partial charge in [0.1, 0.15) is 9.92 Å². The van der Waals surface area contributed by atoms with Crippen molar-refractivity contribution >= 4 is 33.0 Å². The molecule has 0 saturated carbocycles. The van der Waals surface area contributed by atoms with Crippen molar-refractivity contribution < 1.29 is 22.8 Å². The minimum atomic E-state index is -3.51. The average Bonchev–Trinajstić information content (AvgIpc) is 3.41. The molecule has 10 heteroatoms. The average molecular weight is 399 g/mol. The van der Waals surface area contributed by atoms with Gasteiger partial charge in [-0.3, -0.25) is 4.79 Å². The molecule has 3 aliphatic rings. The minimum Gasteiger partial charge on any atom is -0.387 e. The fourth-order valence-corrected chi connectivity index (χ4v) is 6.19. The second-order valence-electron chi connectivity index (χ2n) is 6.85. The molecule has 1 spiro atoms. The van der Waals surface area contributed by atoms with E-state index in [9.17, 15) is 13.2 Å². The number of sulfonamides is 1. The number of nitrogens with zero attached hydrogens (tertiary/aromatic N) is 2.